The van der Waals surface area contributed by atoms with Gasteiger partial charge in [0, 0.05) is 24.8 Å². The molecule has 94 valence electrons. The standard InChI is InChI=1S/C13H20N2O2/c1-17-13-7-6-10(9-15-13)8-14-11-4-2-3-5-12(11)16/h6-7,9,11-12,14,16H,2-5,8H2,1H3. The van der Waals surface area contributed by atoms with Crippen LogP contribution in [-0.2, 0) is 6.54 Å². The van der Waals surface area contributed by atoms with E-state index in [1.54, 1.807) is 13.3 Å². The first-order chi connectivity index (χ1) is 8.29. The largest absolute Gasteiger partial charge is 0.481 e. The molecule has 0 radical (unpaired) electrons. The van der Waals surface area contributed by atoms with Crippen molar-refractivity contribution in [3.8, 4) is 5.88 Å². The molecule has 0 saturated heterocycles. The second-order valence-corrected chi connectivity index (χ2v) is 4.55. The van der Waals surface area contributed by atoms with Gasteiger partial charge in [-0.1, -0.05) is 18.9 Å². The van der Waals surface area contributed by atoms with E-state index >= 15 is 0 Å². The second-order valence-electron chi connectivity index (χ2n) is 4.55. The molecule has 1 aliphatic carbocycles. The predicted molar refractivity (Wildman–Crippen MR) is 65.9 cm³/mol. The Morgan fingerprint density at radius 3 is 2.88 bits per heavy atom. The molecule has 0 amide bonds. The average Bonchev–Trinajstić information content (AvgIpc) is 2.38. The molecule has 2 unspecified atom stereocenters. The third-order valence-corrected chi connectivity index (χ3v) is 3.30. The lowest BCUT2D eigenvalue weighted by molar-refractivity contribution is 0.0902. The number of nitrogens with one attached hydrogen (secondary N) is 1. The lowest BCUT2D eigenvalue weighted by Crippen LogP contribution is -2.41. The van der Waals surface area contributed by atoms with Gasteiger partial charge in [0.05, 0.1) is 13.2 Å². The smallest absolute Gasteiger partial charge is 0.212 e. The summed E-state index contributed by atoms with van der Waals surface area (Å²) in [6, 6.07) is 4.08. The topological polar surface area (TPSA) is 54.4 Å². The molecule has 4 nitrogen and oxygen atoms in total. The van der Waals surface area contributed by atoms with Crippen molar-refractivity contribution in [2.24, 2.45) is 0 Å². The Labute approximate surface area is 102 Å². The summed E-state index contributed by atoms with van der Waals surface area (Å²) >= 11 is 0. The fourth-order valence-electron chi connectivity index (χ4n) is 2.23. The van der Waals surface area contributed by atoms with Crippen LogP contribution in [0.15, 0.2) is 18.3 Å². The Hall–Kier alpha value is -1.13. The van der Waals surface area contributed by atoms with Crippen LogP contribution in [0.4, 0.5) is 0 Å². The van der Waals surface area contributed by atoms with Crippen molar-refractivity contribution < 1.29 is 9.84 Å². The summed E-state index contributed by atoms with van der Waals surface area (Å²) in [5.74, 6) is 0.631. The van der Waals surface area contributed by atoms with Gasteiger partial charge in [-0.2, -0.15) is 0 Å². The molecule has 4 heteroatoms. The molecule has 1 aromatic heterocycles. The normalized spacial score (nSPS) is 24.6. The van der Waals surface area contributed by atoms with E-state index in [-0.39, 0.29) is 12.1 Å². The Morgan fingerprint density at radius 1 is 1.41 bits per heavy atom. The van der Waals surface area contributed by atoms with Crippen LogP contribution >= 0.6 is 0 Å². The van der Waals surface area contributed by atoms with E-state index in [4.69, 9.17) is 4.74 Å². The molecule has 1 fully saturated rings. The minimum Gasteiger partial charge on any atom is -0.481 e. The summed E-state index contributed by atoms with van der Waals surface area (Å²) in [6.07, 6.45) is 5.93. The Morgan fingerprint density at radius 2 is 2.24 bits per heavy atom. The van der Waals surface area contributed by atoms with Gasteiger partial charge in [-0.3, -0.25) is 0 Å². The maximum absolute atomic E-state index is 9.83. The number of aliphatic hydroxyl groups is 1. The van der Waals surface area contributed by atoms with Crippen molar-refractivity contribution in [3.63, 3.8) is 0 Å². The molecule has 1 aromatic rings. The van der Waals surface area contributed by atoms with Gasteiger partial charge in [-0.25, -0.2) is 4.98 Å². The van der Waals surface area contributed by atoms with Gasteiger partial charge < -0.3 is 15.2 Å². The molecule has 2 atom stereocenters. The van der Waals surface area contributed by atoms with E-state index in [2.05, 4.69) is 10.3 Å². The maximum Gasteiger partial charge on any atom is 0.212 e. The van der Waals surface area contributed by atoms with Crippen LogP contribution in [0, 0.1) is 0 Å². The molecule has 1 aliphatic rings. The molecular weight excluding hydrogens is 216 g/mol. The van der Waals surface area contributed by atoms with Crippen molar-refractivity contribution >= 4 is 0 Å². The number of rotatable bonds is 4. The molecule has 2 N–H and O–H groups in total. The number of pyridine rings is 1. The SMILES string of the molecule is COc1ccc(CNC2CCCCC2O)cn1. The lowest BCUT2D eigenvalue weighted by Gasteiger charge is -2.28. The highest BCUT2D eigenvalue weighted by molar-refractivity contribution is 5.17. The van der Waals surface area contributed by atoms with E-state index in [9.17, 15) is 5.11 Å². The van der Waals surface area contributed by atoms with Gasteiger partial charge >= 0.3 is 0 Å². The Kier molecular flexibility index (Phi) is 4.34. The summed E-state index contributed by atoms with van der Waals surface area (Å²) in [6.45, 7) is 0.749. The fourth-order valence-corrected chi connectivity index (χ4v) is 2.23. The van der Waals surface area contributed by atoms with Crippen molar-refractivity contribution in [2.75, 3.05) is 7.11 Å². The van der Waals surface area contributed by atoms with Crippen molar-refractivity contribution in [1.82, 2.24) is 10.3 Å². The molecule has 2 rings (SSSR count). The first-order valence-electron chi connectivity index (χ1n) is 6.20. The van der Waals surface area contributed by atoms with Crippen LogP contribution in [0.25, 0.3) is 0 Å². The highest BCUT2D eigenvalue weighted by Crippen LogP contribution is 2.18. The molecule has 0 aromatic carbocycles. The van der Waals surface area contributed by atoms with Crippen LogP contribution in [0.5, 0.6) is 5.88 Å². The number of nitrogens with zero attached hydrogens (tertiary/aromatic N) is 1. The second kappa shape index (κ2) is 5.98. The van der Waals surface area contributed by atoms with Gasteiger partial charge in [0.25, 0.3) is 0 Å². The average molecular weight is 236 g/mol. The number of methoxy groups -OCH3 is 1. The van der Waals surface area contributed by atoms with E-state index in [1.165, 1.54) is 6.42 Å². The van der Waals surface area contributed by atoms with Gasteiger partial charge in [0.15, 0.2) is 0 Å². The van der Waals surface area contributed by atoms with Crippen molar-refractivity contribution in [2.45, 2.75) is 44.4 Å². The van der Waals surface area contributed by atoms with E-state index in [0.29, 0.717) is 5.88 Å². The zero-order chi connectivity index (χ0) is 12.1. The number of aromatic nitrogens is 1. The number of hydrogen-bond donors (Lipinski definition) is 2. The van der Waals surface area contributed by atoms with Crippen molar-refractivity contribution in [3.05, 3.63) is 23.9 Å². The molecule has 0 aliphatic heterocycles. The molecule has 0 bridgehead atoms. The molecule has 17 heavy (non-hydrogen) atoms. The third kappa shape index (κ3) is 3.41. The van der Waals surface area contributed by atoms with Gasteiger partial charge in [0.2, 0.25) is 5.88 Å². The predicted octanol–water partition coefficient (Wildman–Crippen LogP) is 1.48. The first-order valence-corrected chi connectivity index (χ1v) is 6.20. The highest BCUT2D eigenvalue weighted by Gasteiger charge is 2.21. The maximum atomic E-state index is 9.83. The van der Waals surface area contributed by atoms with E-state index in [1.807, 2.05) is 12.1 Å². The number of aliphatic hydroxyl groups excluding tert-OH is 1. The number of hydrogen-bond acceptors (Lipinski definition) is 4. The summed E-state index contributed by atoms with van der Waals surface area (Å²) < 4.78 is 5.01. The Bertz CT molecular complexity index is 340. The van der Waals surface area contributed by atoms with Gasteiger partial charge in [0.1, 0.15) is 0 Å². The minimum absolute atomic E-state index is 0.199. The van der Waals surface area contributed by atoms with Crippen LogP contribution in [-0.4, -0.2) is 29.3 Å². The van der Waals surface area contributed by atoms with Crippen LogP contribution in [0.2, 0.25) is 0 Å². The summed E-state index contributed by atoms with van der Waals surface area (Å²) in [4.78, 5) is 4.16. The monoisotopic (exact) mass is 236 g/mol. The highest BCUT2D eigenvalue weighted by atomic mass is 16.5. The van der Waals surface area contributed by atoms with Crippen LogP contribution in [0.3, 0.4) is 0 Å². The summed E-state index contributed by atoms with van der Waals surface area (Å²) in [5.41, 5.74) is 1.11. The first kappa shape index (κ1) is 12.3. The fraction of sp³-hybridized carbons (Fsp3) is 0.615. The quantitative estimate of drug-likeness (QED) is 0.831. The lowest BCUT2D eigenvalue weighted by atomic mass is 9.92. The molecule has 1 saturated carbocycles. The van der Waals surface area contributed by atoms with E-state index in [0.717, 1.165) is 31.4 Å². The Balaban J connectivity index is 1.84. The zero-order valence-corrected chi connectivity index (χ0v) is 10.2. The molecule has 0 spiro atoms. The molecule has 1 heterocycles. The number of ether oxygens (including phenoxy) is 1. The summed E-state index contributed by atoms with van der Waals surface area (Å²) in [5, 5.41) is 13.2. The van der Waals surface area contributed by atoms with Crippen LogP contribution in [0.1, 0.15) is 31.2 Å². The van der Waals surface area contributed by atoms with Gasteiger partial charge in [-0.05, 0) is 18.4 Å². The van der Waals surface area contributed by atoms with E-state index < -0.39 is 0 Å². The van der Waals surface area contributed by atoms with Gasteiger partial charge in [-0.15, -0.1) is 0 Å². The zero-order valence-electron chi connectivity index (χ0n) is 10.2. The van der Waals surface area contributed by atoms with Crippen LogP contribution < -0.4 is 10.1 Å². The third-order valence-electron chi connectivity index (χ3n) is 3.30. The molecular formula is C13H20N2O2. The minimum atomic E-state index is -0.199. The van der Waals surface area contributed by atoms with Crippen molar-refractivity contribution in [1.29, 1.82) is 0 Å². The summed E-state index contributed by atoms with van der Waals surface area (Å²) in [7, 11) is 1.61.